The van der Waals surface area contributed by atoms with Gasteiger partial charge in [0, 0.05) is 10.4 Å². The smallest absolute Gasteiger partial charge is 0.0745 e. The molecular formula is C9H11BrClNO. The van der Waals surface area contributed by atoms with Crippen LogP contribution in [-0.2, 0) is 4.84 Å². The van der Waals surface area contributed by atoms with Crippen LogP contribution in [0.15, 0.2) is 22.7 Å². The molecule has 0 amide bonds. The molecule has 0 aromatic heterocycles. The molecule has 1 aromatic carbocycles. The highest BCUT2D eigenvalue weighted by Gasteiger charge is 2.06. The summed E-state index contributed by atoms with van der Waals surface area (Å²) < 4.78 is 0.899. The maximum atomic E-state index is 5.86. The Morgan fingerprint density at radius 1 is 1.62 bits per heavy atom. The molecule has 0 fully saturated rings. The fourth-order valence-electron chi connectivity index (χ4n) is 1.06. The van der Waals surface area contributed by atoms with Crippen molar-refractivity contribution in [2.45, 2.75) is 12.8 Å². The molecule has 13 heavy (non-hydrogen) atoms. The number of benzene rings is 1. The molecule has 1 unspecified atom stereocenters. The molecule has 0 aliphatic rings. The molecule has 0 spiro atoms. The van der Waals surface area contributed by atoms with Gasteiger partial charge in [0.15, 0.2) is 0 Å². The lowest BCUT2D eigenvalue weighted by Crippen LogP contribution is -2.08. The van der Waals surface area contributed by atoms with E-state index < -0.39 is 0 Å². The van der Waals surface area contributed by atoms with Crippen LogP contribution in [0.4, 0.5) is 0 Å². The first kappa shape index (κ1) is 11.0. The van der Waals surface area contributed by atoms with Crippen LogP contribution in [0.3, 0.4) is 0 Å². The second kappa shape index (κ2) is 4.96. The predicted molar refractivity (Wildman–Crippen MR) is 57.7 cm³/mol. The number of halogens is 2. The van der Waals surface area contributed by atoms with Crippen molar-refractivity contribution in [1.29, 1.82) is 0 Å². The zero-order valence-electron chi connectivity index (χ0n) is 7.26. The van der Waals surface area contributed by atoms with Crippen molar-refractivity contribution in [3.8, 4) is 0 Å². The quantitative estimate of drug-likeness (QED) is 0.852. The van der Waals surface area contributed by atoms with Crippen LogP contribution in [-0.4, -0.2) is 6.61 Å². The number of hydrogen-bond acceptors (Lipinski definition) is 2. The van der Waals surface area contributed by atoms with E-state index in [1.165, 1.54) is 0 Å². The summed E-state index contributed by atoms with van der Waals surface area (Å²) in [6.45, 7) is 2.55. The first-order valence-electron chi connectivity index (χ1n) is 3.91. The first-order chi connectivity index (χ1) is 6.15. The van der Waals surface area contributed by atoms with Gasteiger partial charge >= 0.3 is 0 Å². The van der Waals surface area contributed by atoms with Crippen LogP contribution in [0.25, 0.3) is 0 Å². The number of nitrogens with two attached hydrogens (primary N) is 1. The second-order valence-electron chi connectivity index (χ2n) is 2.91. The van der Waals surface area contributed by atoms with Gasteiger partial charge in [0.25, 0.3) is 0 Å². The van der Waals surface area contributed by atoms with Gasteiger partial charge in [-0.25, -0.2) is 5.90 Å². The lowest BCUT2D eigenvalue weighted by atomic mass is 10.0. The van der Waals surface area contributed by atoms with Crippen LogP contribution in [0, 0.1) is 0 Å². The Morgan fingerprint density at radius 2 is 2.31 bits per heavy atom. The lowest BCUT2D eigenvalue weighted by Gasteiger charge is -2.10. The standard InChI is InChI=1S/C9H11BrClNO/c1-6(5-13-12)7-2-3-9(11)8(10)4-7/h2-4,6H,5,12H2,1H3. The summed E-state index contributed by atoms with van der Waals surface area (Å²) in [6.07, 6.45) is 0. The monoisotopic (exact) mass is 263 g/mol. The van der Waals surface area contributed by atoms with Gasteiger partial charge in [0.05, 0.1) is 11.6 Å². The van der Waals surface area contributed by atoms with Crippen LogP contribution in [0.5, 0.6) is 0 Å². The first-order valence-corrected chi connectivity index (χ1v) is 5.09. The third-order valence-electron chi connectivity index (χ3n) is 1.86. The van der Waals surface area contributed by atoms with Crippen LogP contribution >= 0.6 is 27.5 Å². The summed E-state index contributed by atoms with van der Waals surface area (Å²) in [7, 11) is 0. The molecule has 0 radical (unpaired) electrons. The Morgan fingerprint density at radius 3 is 2.85 bits per heavy atom. The Labute approximate surface area is 91.1 Å². The minimum atomic E-state index is 0.276. The fourth-order valence-corrected chi connectivity index (χ4v) is 1.57. The normalized spacial score (nSPS) is 12.9. The molecule has 72 valence electrons. The summed E-state index contributed by atoms with van der Waals surface area (Å²) >= 11 is 9.22. The van der Waals surface area contributed by atoms with Crippen molar-refractivity contribution in [2.24, 2.45) is 5.90 Å². The van der Waals surface area contributed by atoms with E-state index in [0.717, 1.165) is 10.0 Å². The largest absolute Gasteiger partial charge is 0.304 e. The van der Waals surface area contributed by atoms with Gasteiger partial charge in [-0.2, -0.15) is 0 Å². The average molecular weight is 265 g/mol. The minimum absolute atomic E-state index is 0.276. The minimum Gasteiger partial charge on any atom is -0.304 e. The molecule has 0 heterocycles. The highest BCUT2D eigenvalue weighted by Crippen LogP contribution is 2.26. The van der Waals surface area contributed by atoms with Crippen molar-refractivity contribution in [3.63, 3.8) is 0 Å². The van der Waals surface area contributed by atoms with Crippen molar-refractivity contribution >= 4 is 27.5 Å². The Balaban J connectivity index is 2.84. The van der Waals surface area contributed by atoms with Gasteiger partial charge in [0.2, 0.25) is 0 Å². The van der Waals surface area contributed by atoms with Gasteiger partial charge in [0.1, 0.15) is 0 Å². The summed E-state index contributed by atoms with van der Waals surface area (Å²) in [5.74, 6) is 5.27. The van der Waals surface area contributed by atoms with Crippen molar-refractivity contribution < 1.29 is 4.84 Å². The molecule has 1 aromatic rings. The molecule has 1 rings (SSSR count). The molecule has 2 nitrogen and oxygen atoms in total. The van der Waals surface area contributed by atoms with Crippen molar-refractivity contribution in [1.82, 2.24) is 0 Å². The molecule has 0 aliphatic carbocycles. The zero-order chi connectivity index (χ0) is 9.84. The van der Waals surface area contributed by atoms with E-state index in [-0.39, 0.29) is 5.92 Å². The number of rotatable bonds is 3. The molecule has 0 aliphatic heterocycles. The molecule has 0 saturated heterocycles. The highest BCUT2D eigenvalue weighted by molar-refractivity contribution is 9.10. The molecular weight excluding hydrogens is 253 g/mol. The van der Waals surface area contributed by atoms with E-state index in [9.17, 15) is 0 Å². The summed E-state index contributed by atoms with van der Waals surface area (Å²) in [5, 5.41) is 0.713. The van der Waals surface area contributed by atoms with E-state index in [0.29, 0.717) is 11.6 Å². The molecule has 4 heteroatoms. The van der Waals surface area contributed by atoms with Crippen LogP contribution < -0.4 is 5.90 Å². The maximum Gasteiger partial charge on any atom is 0.0745 e. The number of hydrogen-bond donors (Lipinski definition) is 1. The highest BCUT2D eigenvalue weighted by atomic mass is 79.9. The Kier molecular flexibility index (Phi) is 4.19. The molecule has 1 atom stereocenters. The van der Waals surface area contributed by atoms with Gasteiger partial charge in [-0.1, -0.05) is 24.6 Å². The van der Waals surface area contributed by atoms with Gasteiger partial charge in [-0.05, 0) is 33.6 Å². The third kappa shape index (κ3) is 2.95. The van der Waals surface area contributed by atoms with Gasteiger partial charge < -0.3 is 4.84 Å². The SMILES string of the molecule is CC(CON)c1ccc(Cl)c(Br)c1. The Bertz CT molecular complexity index is 293. The summed E-state index contributed by atoms with van der Waals surface area (Å²) in [4.78, 5) is 4.58. The van der Waals surface area contributed by atoms with E-state index in [1.54, 1.807) is 0 Å². The van der Waals surface area contributed by atoms with Crippen molar-refractivity contribution in [2.75, 3.05) is 6.61 Å². The van der Waals surface area contributed by atoms with Crippen LogP contribution in [0.2, 0.25) is 5.02 Å². The van der Waals surface area contributed by atoms with Gasteiger partial charge in [-0.15, -0.1) is 0 Å². The van der Waals surface area contributed by atoms with E-state index >= 15 is 0 Å². The van der Waals surface area contributed by atoms with Crippen LogP contribution in [0.1, 0.15) is 18.4 Å². The lowest BCUT2D eigenvalue weighted by molar-refractivity contribution is 0.126. The molecule has 0 bridgehead atoms. The zero-order valence-corrected chi connectivity index (χ0v) is 9.60. The third-order valence-corrected chi connectivity index (χ3v) is 3.07. The van der Waals surface area contributed by atoms with E-state index in [2.05, 4.69) is 20.8 Å². The topological polar surface area (TPSA) is 35.2 Å². The summed E-state index contributed by atoms with van der Waals surface area (Å²) in [6, 6.07) is 5.80. The van der Waals surface area contributed by atoms with E-state index in [4.69, 9.17) is 17.5 Å². The molecule has 0 saturated carbocycles. The fraction of sp³-hybridized carbons (Fsp3) is 0.333. The molecule has 2 N–H and O–H groups in total. The average Bonchev–Trinajstić information content (AvgIpc) is 2.10. The second-order valence-corrected chi connectivity index (χ2v) is 4.17. The van der Waals surface area contributed by atoms with Gasteiger partial charge in [-0.3, -0.25) is 0 Å². The predicted octanol–water partition coefficient (Wildman–Crippen LogP) is 3.10. The maximum absolute atomic E-state index is 5.86. The van der Waals surface area contributed by atoms with Crippen molar-refractivity contribution in [3.05, 3.63) is 33.3 Å². The Hall–Kier alpha value is -0.0900. The summed E-state index contributed by atoms with van der Waals surface area (Å²) in [5.41, 5.74) is 1.15. The van der Waals surface area contributed by atoms with E-state index in [1.807, 2.05) is 25.1 Å².